The van der Waals surface area contributed by atoms with E-state index >= 15 is 0 Å². The molecule has 0 bridgehead atoms. The number of nitrogens with one attached hydrogen (secondary N) is 1. The Morgan fingerprint density at radius 2 is 1.96 bits per heavy atom. The second-order valence-corrected chi connectivity index (χ2v) is 7.80. The highest BCUT2D eigenvalue weighted by Crippen LogP contribution is 2.26. The van der Waals surface area contributed by atoms with Crippen molar-refractivity contribution in [1.82, 2.24) is 4.57 Å². The maximum atomic E-state index is 12.9. The van der Waals surface area contributed by atoms with Gasteiger partial charge in [-0.2, -0.15) is 0 Å². The number of primary sulfonamides is 1. The molecule has 1 aromatic carbocycles. The first-order chi connectivity index (χ1) is 12.8. The molecular formula is C18H21N3O5S. The summed E-state index contributed by atoms with van der Waals surface area (Å²) in [6.07, 6.45) is 2.39. The monoisotopic (exact) mass is 391 g/mol. The molecule has 0 unspecified atom stereocenters. The summed E-state index contributed by atoms with van der Waals surface area (Å²) in [5, 5.41) is 7.81. The van der Waals surface area contributed by atoms with Gasteiger partial charge < -0.3 is 14.6 Å². The number of nitrogens with zero attached hydrogens (tertiary/aromatic N) is 1. The lowest BCUT2D eigenvalue weighted by Gasteiger charge is -2.23. The quantitative estimate of drug-likeness (QED) is 0.800. The molecule has 3 N–H and O–H groups in total. The first kappa shape index (κ1) is 19.1. The van der Waals surface area contributed by atoms with Crippen molar-refractivity contribution in [2.24, 2.45) is 5.14 Å². The van der Waals surface area contributed by atoms with E-state index in [1.165, 1.54) is 30.3 Å². The summed E-state index contributed by atoms with van der Waals surface area (Å²) >= 11 is 0. The van der Waals surface area contributed by atoms with Gasteiger partial charge in [-0.25, -0.2) is 13.6 Å². The van der Waals surface area contributed by atoms with E-state index in [1.54, 1.807) is 11.5 Å². The maximum Gasteiger partial charge on any atom is 0.261 e. The molecule has 0 saturated heterocycles. The fourth-order valence-corrected chi connectivity index (χ4v) is 3.69. The number of hydrogen-bond acceptors (Lipinski definition) is 5. The number of aromatic nitrogens is 1. The van der Waals surface area contributed by atoms with Gasteiger partial charge in [-0.3, -0.25) is 9.59 Å². The number of pyridine rings is 1. The topological polar surface area (TPSA) is 120 Å². The third kappa shape index (κ3) is 4.04. The van der Waals surface area contributed by atoms with Crippen LogP contribution in [0.1, 0.15) is 35.8 Å². The molecule has 1 aliphatic heterocycles. The van der Waals surface area contributed by atoms with Crippen molar-refractivity contribution in [2.75, 3.05) is 11.9 Å². The van der Waals surface area contributed by atoms with Crippen molar-refractivity contribution >= 4 is 21.6 Å². The number of hydrogen-bond donors (Lipinski definition) is 2. The van der Waals surface area contributed by atoms with Crippen LogP contribution < -0.4 is 20.8 Å². The Labute approximate surface area is 157 Å². The predicted molar refractivity (Wildman–Crippen MR) is 101 cm³/mol. The Hall–Kier alpha value is -2.65. The minimum atomic E-state index is -3.80. The SMILES string of the molecule is CCOc1cc(=O)n2c(c1C(=O)Nc1ccc(S(N)(=O)=O)cc1)CCCC2. The molecule has 27 heavy (non-hydrogen) atoms. The van der Waals surface area contributed by atoms with E-state index < -0.39 is 15.9 Å². The first-order valence-corrected chi connectivity index (χ1v) is 10.2. The van der Waals surface area contributed by atoms with E-state index in [1.807, 2.05) is 0 Å². The van der Waals surface area contributed by atoms with Crippen molar-refractivity contribution < 1.29 is 17.9 Å². The average molecular weight is 391 g/mol. The molecule has 144 valence electrons. The lowest BCUT2D eigenvalue weighted by molar-refractivity contribution is 0.102. The third-order valence-electron chi connectivity index (χ3n) is 4.39. The Bertz CT molecular complexity index is 1030. The number of sulfonamides is 1. The molecule has 0 atom stereocenters. The smallest absolute Gasteiger partial charge is 0.261 e. The fraction of sp³-hybridized carbons (Fsp3) is 0.333. The molecule has 0 radical (unpaired) electrons. The molecule has 0 saturated carbocycles. The van der Waals surface area contributed by atoms with Crippen LogP contribution in [0.4, 0.5) is 5.69 Å². The number of rotatable bonds is 5. The number of carbonyl (C=O) groups is 1. The standard InChI is InChI=1S/C18H21N3O5S/c1-2-26-15-11-16(22)21-10-4-3-5-14(21)17(15)18(23)20-12-6-8-13(9-7-12)27(19,24)25/h6-9,11H,2-5,10H2,1H3,(H,20,23)(H2,19,24,25). The molecule has 0 spiro atoms. The van der Waals surface area contributed by atoms with E-state index in [9.17, 15) is 18.0 Å². The summed E-state index contributed by atoms with van der Waals surface area (Å²) in [5.41, 5.74) is 1.24. The summed E-state index contributed by atoms with van der Waals surface area (Å²) in [6.45, 7) is 2.68. The molecule has 1 aromatic heterocycles. The minimum Gasteiger partial charge on any atom is -0.493 e. The zero-order valence-electron chi connectivity index (χ0n) is 14.9. The summed E-state index contributed by atoms with van der Waals surface area (Å²) in [4.78, 5) is 25.2. The third-order valence-corrected chi connectivity index (χ3v) is 5.32. The fourth-order valence-electron chi connectivity index (χ4n) is 3.17. The normalized spacial score (nSPS) is 13.7. The largest absolute Gasteiger partial charge is 0.493 e. The Balaban J connectivity index is 1.97. The van der Waals surface area contributed by atoms with Crippen LogP contribution >= 0.6 is 0 Å². The number of amides is 1. The van der Waals surface area contributed by atoms with Crippen molar-refractivity contribution in [3.63, 3.8) is 0 Å². The van der Waals surface area contributed by atoms with E-state index in [0.717, 1.165) is 12.8 Å². The Morgan fingerprint density at radius 1 is 1.26 bits per heavy atom. The molecule has 8 nitrogen and oxygen atoms in total. The van der Waals surface area contributed by atoms with E-state index in [0.29, 0.717) is 36.5 Å². The number of anilines is 1. The lowest BCUT2D eigenvalue weighted by Crippen LogP contribution is -2.31. The van der Waals surface area contributed by atoms with Gasteiger partial charge in [0.05, 0.1) is 11.5 Å². The van der Waals surface area contributed by atoms with E-state index in [-0.39, 0.29) is 16.2 Å². The Morgan fingerprint density at radius 3 is 2.59 bits per heavy atom. The molecule has 9 heteroatoms. The van der Waals surface area contributed by atoms with Gasteiger partial charge in [0.25, 0.3) is 11.5 Å². The number of benzene rings is 1. The lowest BCUT2D eigenvalue weighted by atomic mass is 10.0. The van der Waals surface area contributed by atoms with Gasteiger partial charge in [0, 0.05) is 24.0 Å². The van der Waals surface area contributed by atoms with Crippen molar-refractivity contribution in [2.45, 2.75) is 37.6 Å². The van der Waals surface area contributed by atoms with E-state index in [4.69, 9.17) is 9.88 Å². The second-order valence-electron chi connectivity index (χ2n) is 6.23. The molecule has 2 heterocycles. The Kier molecular flexibility index (Phi) is 5.33. The number of carbonyl (C=O) groups excluding carboxylic acids is 1. The number of fused-ring (bicyclic) bond motifs is 1. The van der Waals surface area contributed by atoms with Crippen LogP contribution in [0, 0.1) is 0 Å². The molecule has 2 aromatic rings. The van der Waals surface area contributed by atoms with Gasteiger partial charge in [0.15, 0.2) is 0 Å². The van der Waals surface area contributed by atoms with Gasteiger partial charge in [-0.15, -0.1) is 0 Å². The van der Waals surface area contributed by atoms with Crippen LogP contribution in [0.5, 0.6) is 5.75 Å². The second kappa shape index (κ2) is 7.53. The van der Waals surface area contributed by atoms with Crippen LogP contribution in [-0.2, 0) is 23.0 Å². The molecule has 1 amide bonds. The number of nitrogens with two attached hydrogens (primary N) is 1. The molecule has 0 fully saturated rings. The minimum absolute atomic E-state index is 0.0425. The summed E-state index contributed by atoms with van der Waals surface area (Å²) in [6, 6.07) is 6.90. The molecule has 1 aliphatic rings. The van der Waals surface area contributed by atoms with Crippen LogP contribution in [0.25, 0.3) is 0 Å². The molecule has 0 aliphatic carbocycles. The van der Waals surface area contributed by atoms with Crippen LogP contribution in [-0.4, -0.2) is 25.5 Å². The maximum absolute atomic E-state index is 12.9. The zero-order valence-corrected chi connectivity index (χ0v) is 15.7. The molecular weight excluding hydrogens is 370 g/mol. The highest BCUT2D eigenvalue weighted by atomic mass is 32.2. The van der Waals surface area contributed by atoms with Crippen molar-refractivity contribution in [3.8, 4) is 5.75 Å². The zero-order chi connectivity index (χ0) is 19.6. The van der Waals surface area contributed by atoms with Crippen molar-refractivity contribution in [1.29, 1.82) is 0 Å². The highest BCUT2D eigenvalue weighted by molar-refractivity contribution is 7.89. The van der Waals surface area contributed by atoms with Gasteiger partial charge in [0.1, 0.15) is 11.3 Å². The van der Waals surface area contributed by atoms with Gasteiger partial charge in [-0.1, -0.05) is 0 Å². The summed E-state index contributed by atoms with van der Waals surface area (Å²) in [5.74, 6) is -0.151. The average Bonchev–Trinajstić information content (AvgIpc) is 2.62. The van der Waals surface area contributed by atoms with Crippen LogP contribution in [0.2, 0.25) is 0 Å². The number of ether oxygens (including phenoxy) is 1. The summed E-state index contributed by atoms with van der Waals surface area (Å²) < 4.78 is 29.8. The highest BCUT2D eigenvalue weighted by Gasteiger charge is 2.24. The summed E-state index contributed by atoms with van der Waals surface area (Å²) in [7, 11) is -3.80. The van der Waals surface area contributed by atoms with Crippen LogP contribution in [0.15, 0.2) is 40.0 Å². The van der Waals surface area contributed by atoms with Gasteiger partial charge >= 0.3 is 0 Å². The van der Waals surface area contributed by atoms with Gasteiger partial charge in [0.2, 0.25) is 10.0 Å². The van der Waals surface area contributed by atoms with Gasteiger partial charge in [-0.05, 0) is 50.5 Å². The predicted octanol–water partition coefficient (Wildman–Crippen LogP) is 1.48. The van der Waals surface area contributed by atoms with Crippen molar-refractivity contribution in [3.05, 3.63) is 51.9 Å². The van der Waals surface area contributed by atoms with E-state index in [2.05, 4.69) is 5.32 Å². The van der Waals surface area contributed by atoms with Crippen LogP contribution in [0.3, 0.4) is 0 Å². The first-order valence-electron chi connectivity index (χ1n) is 8.65. The molecule has 3 rings (SSSR count).